The third-order valence-corrected chi connectivity index (χ3v) is 8.43. The first-order valence-electron chi connectivity index (χ1n) is 15.7. The summed E-state index contributed by atoms with van der Waals surface area (Å²) in [6.45, 7) is 11.2. The van der Waals surface area contributed by atoms with Crippen molar-refractivity contribution in [2.45, 2.75) is 141 Å². The minimum atomic E-state index is -5.77. The van der Waals surface area contributed by atoms with Gasteiger partial charge in [0.2, 0.25) is 5.82 Å². The Morgan fingerprint density at radius 1 is 0.488 bits per heavy atom. The van der Waals surface area contributed by atoms with Crippen LogP contribution in [0.3, 0.4) is 0 Å². The standard InChI is InChI=1S/C25H54N.C6HF5O3S/c1-5-8-11-14-17-20-23-26(4,24-21-18-15-12-9-6-2)25-22-19-16-13-10-7-3;7-1-2(8)4(10)6(15(12,13)14)5(11)3(1)9/h5-25H2,1-4H3;(H,12,13,14)/q+1;/p-1. The van der Waals surface area contributed by atoms with Gasteiger partial charge in [-0.15, -0.1) is 0 Å². The smallest absolute Gasteiger partial charge is 0.200 e. The molecule has 0 aromatic heterocycles. The van der Waals surface area contributed by atoms with E-state index in [4.69, 9.17) is 0 Å². The first-order chi connectivity index (χ1) is 19.4. The van der Waals surface area contributed by atoms with Crippen LogP contribution in [0.1, 0.15) is 136 Å². The van der Waals surface area contributed by atoms with Crippen LogP contribution in [0.4, 0.5) is 22.0 Å². The maximum absolute atomic E-state index is 12.6. The third-order valence-electron chi connectivity index (χ3n) is 7.57. The highest BCUT2D eigenvalue weighted by Crippen LogP contribution is 2.26. The van der Waals surface area contributed by atoms with Crippen molar-refractivity contribution >= 4 is 10.1 Å². The van der Waals surface area contributed by atoms with Crippen LogP contribution in [-0.2, 0) is 10.1 Å². The van der Waals surface area contributed by atoms with Gasteiger partial charge in [0, 0.05) is 0 Å². The van der Waals surface area contributed by atoms with Crippen molar-refractivity contribution in [1.29, 1.82) is 0 Å². The maximum atomic E-state index is 12.6. The van der Waals surface area contributed by atoms with E-state index >= 15 is 0 Å². The lowest BCUT2D eigenvalue weighted by Crippen LogP contribution is -2.46. The highest BCUT2D eigenvalue weighted by atomic mass is 32.2. The lowest BCUT2D eigenvalue weighted by Gasteiger charge is -2.35. The predicted molar refractivity (Wildman–Crippen MR) is 155 cm³/mol. The molecule has 1 rings (SSSR count). The molecular weight excluding hydrogens is 561 g/mol. The van der Waals surface area contributed by atoms with E-state index in [1.165, 1.54) is 140 Å². The SMILES string of the molecule is CCCCCCCC[N+](C)(CCCCCCCC)CCCCCCCC.O=S(=O)([O-])c1c(F)c(F)c(F)c(F)c1F. The highest BCUT2D eigenvalue weighted by Gasteiger charge is 2.29. The molecular formula is C31H54F5NO3S. The minimum Gasteiger partial charge on any atom is -0.744 e. The van der Waals surface area contributed by atoms with Gasteiger partial charge in [0.1, 0.15) is 15.0 Å². The monoisotopic (exact) mass is 615 g/mol. The number of benzene rings is 1. The molecule has 0 N–H and O–H groups in total. The quantitative estimate of drug-likeness (QED) is 0.0326. The third kappa shape index (κ3) is 16.8. The molecule has 0 aliphatic heterocycles. The summed E-state index contributed by atoms with van der Waals surface area (Å²) in [5, 5.41) is 0. The van der Waals surface area contributed by atoms with Crippen LogP contribution in [-0.4, -0.2) is 44.1 Å². The zero-order chi connectivity index (χ0) is 31.3. The largest absolute Gasteiger partial charge is 0.744 e. The predicted octanol–water partition coefficient (Wildman–Crippen LogP) is 9.80. The summed E-state index contributed by atoms with van der Waals surface area (Å²) >= 11 is 0. The van der Waals surface area contributed by atoms with Gasteiger partial charge < -0.3 is 9.04 Å². The van der Waals surface area contributed by atoms with Gasteiger partial charge in [-0.3, -0.25) is 0 Å². The fraction of sp³-hybridized carbons (Fsp3) is 0.806. The second-order valence-corrected chi connectivity index (χ2v) is 12.8. The molecule has 0 atom stereocenters. The summed E-state index contributed by atoms with van der Waals surface area (Å²) < 4.78 is 94.2. The van der Waals surface area contributed by atoms with E-state index in [0.29, 0.717) is 0 Å². The van der Waals surface area contributed by atoms with Crippen molar-refractivity contribution < 1.29 is 39.4 Å². The number of rotatable bonds is 22. The summed E-state index contributed by atoms with van der Waals surface area (Å²) in [7, 11) is -3.21. The average molecular weight is 616 g/mol. The highest BCUT2D eigenvalue weighted by molar-refractivity contribution is 7.85. The topological polar surface area (TPSA) is 57.2 Å². The van der Waals surface area contributed by atoms with E-state index in [1.807, 2.05) is 0 Å². The molecule has 41 heavy (non-hydrogen) atoms. The molecule has 0 heterocycles. The van der Waals surface area contributed by atoms with Crippen LogP contribution >= 0.6 is 0 Å². The Kier molecular flexibility index (Phi) is 21.6. The van der Waals surface area contributed by atoms with Gasteiger partial charge in [0.05, 0.1) is 26.7 Å². The number of quaternary nitrogens is 1. The van der Waals surface area contributed by atoms with Crippen molar-refractivity contribution in [2.24, 2.45) is 0 Å². The molecule has 0 aliphatic rings. The summed E-state index contributed by atoms with van der Waals surface area (Å²) in [6, 6.07) is 0. The molecule has 10 heteroatoms. The molecule has 0 fully saturated rings. The summed E-state index contributed by atoms with van der Waals surface area (Å²) in [6.07, 6.45) is 25.9. The Bertz CT molecular complexity index is 874. The Morgan fingerprint density at radius 3 is 1.00 bits per heavy atom. The molecule has 0 radical (unpaired) electrons. The number of unbranched alkanes of at least 4 members (excludes halogenated alkanes) is 15. The van der Waals surface area contributed by atoms with Crippen LogP contribution in [0.15, 0.2) is 4.90 Å². The zero-order valence-corrected chi connectivity index (χ0v) is 26.6. The molecule has 0 amide bonds. The number of hydrogen-bond donors (Lipinski definition) is 0. The van der Waals surface area contributed by atoms with E-state index < -0.39 is 44.1 Å². The molecule has 4 nitrogen and oxygen atoms in total. The molecule has 1 aromatic carbocycles. The summed E-state index contributed by atoms with van der Waals surface area (Å²) in [5.41, 5.74) is 0. The molecule has 0 aliphatic carbocycles. The summed E-state index contributed by atoms with van der Waals surface area (Å²) in [5.74, 6) is -12.8. The van der Waals surface area contributed by atoms with Crippen molar-refractivity contribution in [3.8, 4) is 0 Å². The Hall–Kier alpha value is -1.26. The molecule has 1 aromatic rings. The number of halogens is 5. The molecule has 0 bridgehead atoms. The van der Waals surface area contributed by atoms with Crippen molar-refractivity contribution in [3.63, 3.8) is 0 Å². The van der Waals surface area contributed by atoms with Gasteiger partial charge in [0.25, 0.3) is 0 Å². The normalized spacial score (nSPS) is 12.0. The average Bonchev–Trinajstić information content (AvgIpc) is 2.92. The van der Waals surface area contributed by atoms with Gasteiger partial charge >= 0.3 is 0 Å². The van der Waals surface area contributed by atoms with Crippen LogP contribution < -0.4 is 0 Å². The van der Waals surface area contributed by atoms with Crippen molar-refractivity contribution in [3.05, 3.63) is 29.1 Å². The molecule has 0 saturated carbocycles. The van der Waals surface area contributed by atoms with Gasteiger partial charge in [0.15, 0.2) is 23.3 Å². The second kappa shape index (κ2) is 22.3. The van der Waals surface area contributed by atoms with Crippen molar-refractivity contribution in [2.75, 3.05) is 26.7 Å². The maximum Gasteiger partial charge on any atom is 0.200 e. The van der Waals surface area contributed by atoms with Crippen LogP contribution in [0.5, 0.6) is 0 Å². The van der Waals surface area contributed by atoms with Gasteiger partial charge in [-0.05, 0) is 38.5 Å². The number of nitrogens with zero attached hydrogens (tertiary/aromatic N) is 1. The molecule has 0 unspecified atom stereocenters. The van der Waals surface area contributed by atoms with E-state index in [0.717, 1.165) is 0 Å². The Balaban J connectivity index is 0.000000897. The van der Waals surface area contributed by atoms with E-state index in [-0.39, 0.29) is 0 Å². The first-order valence-corrected chi connectivity index (χ1v) is 17.1. The fourth-order valence-electron chi connectivity index (χ4n) is 4.96. The first kappa shape index (κ1) is 39.7. The Morgan fingerprint density at radius 2 is 0.732 bits per heavy atom. The Labute approximate surface area is 246 Å². The van der Waals surface area contributed by atoms with Crippen molar-refractivity contribution in [1.82, 2.24) is 0 Å². The second-order valence-electron chi connectivity index (χ2n) is 11.4. The molecule has 0 spiro atoms. The van der Waals surface area contributed by atoms with Crippen LogP contribution in [0.2, 0.25) is 0 Å². The lowest BCUT2D eigenvalue weighted by atomic mass is 10.1. The van der Waals surface area contributed by atoms with Gasteiger partial charge in [-0.2, -0.15) is 0 Å². The van der Waals surface area contributed by atoms with Gasteiger partial charge in [-0.1, -0.05) is 97.8 Å². The lowest BCUT2D eigenvalue weighted by molar-refractivity contribution is -0.910. The molecule has 242 valence electrons. The molecule has 0 saturated heterocycles. The van der Waals surface area contributed by atoms with Crippen LogP contribution in [0, 0.1) is 29.1 Å². The number of hydrogen-bond acceptors (Lipinski definition) is 3. The van der Waals surface area contributed by atoms with E-state index in [2.05, 4.69) is 27.8 Å². The van der Waals surface area contributed by atoms with E-state index in [1.54, 1.807) is 0 Å². The van der Waals surface area contributed by atoms with E-state index in [9.17, 15) is 34.9 Å². The van der Waals surface area contributed by atoms with Gasteiger partial charge in [-0.25, -0.2) is 30.4 Å². The minimum absolute atomic E-state index is 1.36. The fourth-order valence-corrected chi connectivity index (χ4v) is 5.58. The zero-order valence-electron chi connectivity index (χ0n) is 25.8. The van der Waals surface area contributed by atoms with Crippen LogP contribution in [0.25, 0.3) is 0 Å². The summed E-state index contributed by atoms with van der Waals surface area (Å²) in [4.78, 5) is -2.38.